The minimum absolute atomic E-state index is 0.0603. The van der Waals surface area contributed by atoms with Crippen LogP contribution in [-0.4, -0.2) is 46.4 Å². The summed E-state index contributed by atoms with van der Waals surface area (Å²) in [7, 11) is 0. The maximum atomic E-state index is 15.1. The van der Waals surface area contributed by atoms with Gasteiger partial charge in [0.2, 0.25) is 5.54 Å². The molecule has 0 unspecified atom stereocenters. The third-order valence-corrected chi connectivity index (χ3v) is 8.27. The molecule has 1 aromatic rings. The van der Waals surface area contributed by atoms with Crippen molar-refractivity contribution in [2.75, 3.05) is 0 Å². The summed E-state index contributed by atoms with van der Waals surface area (Å²) >= 11 is 0. The molecule has 0 spiro atoms. The van der Waals surface area contributed by atoms with Crippen LogP contribution < -0.4 is 10.1 Å². The molecule has 1 heterocycles. The Morgan fingerprint density at radius 3 is 2.29 bits per heavy atom. The second-order valence-corrected chi connectivity index (χ2v) is 12.2. The molecular formula is C29H37F3N2O4. The Bertz CT molecular complexity index is 1160. The lowest BCUT2D eigenvalue weighted by molar-refractivity contribution is -0.192. The molecule has 0 radical (unpaired) electrons. The fourth-order valence-corrected chi connectivity index (χ4v) is 6.25. The molecule has 1 saturated carbocycles. The van der Waals surface area contributed by atoms with Crippen molar-refractivity contribution >= 4 is 17.6 Å². The van der Waals surface area contributed by atoms with Gasteiger partial charge in [-0.2, -0.15) is 13.2 Å². The minimum atomic E-state index is -5.23. The number of alkyl halides is 3. The summed E-state index contributed by atoms with van der Waals surface area (Å²) in [6, 6.07) is 5.19. The Labute approximate surface area is 222 Å². The second kappa shape index (κ2) is 9.72. The molecule has 6 nitrogen and oxygen atoms in total. The highest BCUT2D eigenvalue weighted by Gasteiger charge is 2.72. The Morgan fingerprint density at radius 2 is 1.71 bits per heavy atom. The van der Waals surface area contributed by atoms with Crippen LogP contribution in [0.1, 0.15) is 84.0 Å². The summed E-state index contributed by atoms with van der Waals surface area (Å²) < 4.78 is 51.0. The van der Waals surface area contributed by atoms with Gasteiger partial charge in [0.25, 0.3) is 11.8 Å². The van der Waals surface area contributed by atoms with Crippen molar-refractivity contribution in [3.8, 4) is 5.75 Å². The Morgan fingerprint density at radius 1 is 1.08 bits per heavy atom. The average Bonchev–Trinajstić information content (AvgIpc) is 3.03. The number of ketones is 1. The molecule has 2 aliphatic carbocycles. The van der Waals surface area contributed by atoms with Crippen LogP contribution in [0.4, 0.5) is 13.2 Å². The maximum absolute atomic E-state index is 15.1. The highest BCUT2D eigenvalue weighted by Crippen LogP contribution is 2.54. The van der Waals surface area contributed by atoms with Gasteiger partial charge in [-0.25, -0.2) is 0 Å². The first-order valence-corrected chi connectivity index (χ1v) is 13.4. The van der Waals surface area contributed by atoms with Crippen molar-refractivity contribution in [2.24, 2.45) is 17.3 Å². The van der Waals surface area contributed by atoms with Gasteiger partial charge < -0.3 is 15.0 Å². The van der Waals surface area contributed by atoms with Crippen LogP contribution in [-0.2, 0) is 9.59 Å². The predicted molar refractivity (Wildman–Crippen MR) is 136 cm³/mol. The standard InChI is InChI=1S/C29H37F3N2O4/c1-16(2)38-20-12-10-19(11-13-20)25(36)33-28(29(30,31)32)24-22(14-27(5,6)15-23(24)35)34(26(28)37)21-9-7-8-17(3)18(21)4/h10-13,16-18,21H,7-9,14-15H2,1-6H3,(H,33,36)/t17-,18+,21-,28+/m0/s1. The molecule has 0 aromatic heterocycles. The summed E-state index contributed by atoms with van der Waals surface area (Å²) in [4.78, 5) is 42.0. The maximum Gasteiger partial charge on any atom is 0.425 e. The predicted octanol–water partition coefficient (Wildman–Crippen LogP) is 5.81. The molecule has 2 amide bonds. The first-order valence-electron chi connectivity index (χ1n) is 13.4. The zero-order valence-electron chi connectivity index (χ0n) is 22.9. The van der Waals surface area contributed by atoms with Gasteiger partial charge in [-0.15, -0.1) is 0 Å². The van der Waals surface area contributed by atoms with Crippen molar-refractivity contribution in [3.05, 3.63) is 41.1 Å². The van der Waals surface area contributed by atoms with Gasteiger partial charge in [0.15, 0.2) is 5.78 Å². The molecule has 0 bridgehead atoms. The molecule has 1 fully saturated rings. The monoisotopic (exact) mass is 534 g/mol. The van der Waals surface area contributed by atoms with E-state index in [1.807, 2.05) is 46.9 Å². The van der Waals surface area contributed by atoms with E-state index in [9.17, 15) is 14.4 Å². The highest BCUT2D eigenvalue weighted by atomic mass is 19.4. The van der Waals surface area contributed by atoms with Crippen LogP contribution in [0.3, 0.4) is 0 Å². The largest absolute Gasteiger partial charge is 0.491 e. The zero-order chi connectivity index (χ0) is 28.2. The van der Waals surface area contributed by atoms with Gasteiger partial charge in [-0.05, 0) is 68.2 Å². The molecule has 4 rings (SSSR count). The lowest BCUT2D eigenvalue weighted by atomic mass is 9.72. The van der Waals surface area contributed by atoms with Crippen LogP contribution in [0.2, 0.25) is 0 Å². The van der Waals surface area contributed by atoms with Crippen LogP contribution in [0.5, 0.6) is 5.75 Å². The Hall–Kier alpha value is -2.84. The molecule has 1 aliphatic heterocycles. The number of nitrogens with one attached hydrogen (secondary N) is 1. The van der Waals surface area contributed by atoms with Crippen LogP contribution in [0.25, 0.3) is 0 Å². The second-order valence-electron chi connectivity index (χ2n) is 12.2. The number of ether oxygens (including phenoxy) is 1. The molecule has 1 N–H and O–H groups in total. The van der Waals surface area contributed by atoms with Gasteiger partial charge in [0, 0.05) is 23.7 Å². The quantitative estimate of drug-likeness (QED) is 0.517. The number of Topliss-reactive ketones (excluding diaryl/α,β-unsaturated/α-hetero) is 1. The smallest absolute Gasteiger partial charge is 0.425 e. The number of rotatable bonds is 5. The molecule has 0 saturated heterocycles. The van der Waals surface area contributed by atoms with E-state index in [0.29, 0.717) is 12.2 Å². The van der Waals surface area contributed by atoms with Crippen LogP contribution >= 0.6 is 0 Å². The van der Waals surface area contributed by atoms with Crippen molar-refractivity contribution in [1.82, 2.24) is 10.2 Å². The van der Waals surface area contributed by atoms with Gasteiger partial charge in [-0.3, -0.25) is 14.4 Å². The number of amides is 2. The van der Waals surface area contributed by atoms with Crippen molar-refractivity contribution < 1.29 is 32.3 Å². The minimum Gasteiger partial charge on any atom is -0.491 e. The molecule has 3 aliphatic rings. The van der Waals surface area contributed by atoms with Crippen LogP contribution in [0.15, 0.2) is 35.5 Å². The highest BCUT2D eigenvalue weighted by molar-refractivity contribution is 6.14. The van der Waals surface area contributed by atoms with Gasteiger partial charge in [-0.1, -0.05) is 40.5 Å². The Kier molecular flexibility index (Phi) is 7.21. The summed E-state index contributed by atoms with van der Waals surface area (Å²) in [6.45, 7) is 11.3. The van der Waals surface area contributed by atoms with E-state index < -0.39 is 46.3 Å². The van der Waals surface area contributed by atoms with E-state index in [4.69, 9.17) is 4.74 Å². The van der Waals surface area contributed by atoms with Gasteiger partial charge in [0.1, 0.15) is 5.75 Å². The first-order chi connectivity index (χ1) is 17.6. The number of carbonyl (C=O) groups excluding carboxylic acids is 3. The van der Waals surface area contributed by atoms with E-state index in [0.717, 1.165) is 12.8 Å². The lowest BCUT2D eigenvalue weighted by Gasteiger charge is -2.43. The van der Waals surface area contributed by atoms with Gasteiger partial charge in [0.05, 0.1) is 11.7 Å². The lowest BCUT2D eigenvalue weighted by Crippen LogP contribution is -2.67. The fourth-order valence-electron chi connectivity index (χ4n) is 6.25. The molecule has 4 atom stereocenters. The van der Waals surface area contributed by atoms with E-state index >= 15 is 13.2 Å². The van der Waals surface area contributed by atoms with E-state index in [1.165, 1.54) is 29.2 Å². The van der Waals surface area contributed by atoms with Crippen molar-refractivity contribution in [2.45, 2.75) is 97.5 Å². The Balaban J connectivity index is 1.82. The molecule has 9 heteroatoms. The molecule has 208 valence electrons. The normalized spacial score (nSPS) is 29.5. The number of nitrogens with zero attached hydrogens (tertiary/aromatic N) is 1. The van der Waals surface area contributed by atoms with Gasteiger partial charge >= 0.3 is 6.18 Å². The molecule has 1 aromatic carbocycles. The number of benzene rings is 1. The third-order valence-electron chi connectivity index (χ3n) is 8.27. The number of allylic oxidation sites excluding steroid dienone is 1. The molecule has 38 heavy (non-hydrogen) atoms. The van der Waals surface area contributed by atoms with E-state index in [1.54, 1.807) is 0 Å². The average molecular weight is 535 g/mol. The number of carbonyl (C=O) groups is 3. The molecular weight excluding hydrogens is 497 g/mol. The summed E-state index contributed by atoms with van der Waals surface area (Å²) in [5.74, 6) is -2.50. The van der Waals surface area contributed by atoms with E-state index in [-0.39, 0.29) is 42.0 Å². The number of hydrogen-bond donors (Lipinski definition) is 1. The first kappa shape index (κ1) is 28.2. The summed E-state index contributed by atoms with van der Waals surface area (Å²) in [5.41, 5.74) is -4.62. The third kappa shape index (κ3) is 4.73. The zero-order valence-corrected chi connectivity index (χ0v) is 22.9. The van der Waals surface area contributed by atoms with Crippen LogP contribution in [0, 0.1) is 17.3 Å². The van der Waals surface area contributed by atoms with Crippen molar-refractivity contribution in [3.63, 3.8) is 0 Å². The summed E-state index contributed by atoms with van der Waals surface area (Å²) in [6.07, 6.45) is -3.10. The fraction of sp³-hybridized carbons (Fsp3) is 0.621. The van der Waals surface area contributed by atoms with Crippen molar-refractivity contribution in [1.29, 1.82) is 0 Å². The SMILES string of the molecule is CC(C)Oc1ccc(C(=O)N[C@@]2(C(F)(F)F)C(=O)N([C@H]3CCC[C@H](C)[C@H]3C)C3=C2C(=O)CC(C)(C)C3)cc1. The number of hydrogen-bond acceptors (Lipinski definition) is 4. The van der Waals surface area contributed by atoms with E-state index in [2.05, 4.69) is 0 Å². The summed E-state index contributed by atoms with van der Waals surface area (Å²) in [5, 5.41) is 2.04. The topological polar surface area (TPSA) is 75.7 Å². The number of halogens is 3.